The molecule has 1 fully saturated rings. The lowest BCUT2D eigenvalue weighted by molar-refractivity contribution is 0.238. The number of benzene rings is 3. The van der Waals surface area contributed by atoms with Crippen LogP contribution in [0.3, 0.4) is 0 Å². The summed E-state index contributed by atoms with van der Waals surface area (Å²) in [5, 5.41) is 20.5. The predicted molar refractivity (Wildman–Crippen MR) is 125 cm³/mol. The minimum Gasteiger partial charge on any atom is -0.508 e. The van der Waals surface area contributed by atoms with Crippen molar-refractivity contribution < 1.29 is 19.4 Å². The molecule has 0 atom stereocenters. The largest absolute Gasteiger partial charge is 0.508 e. The first-order valence-corrected chi connectivity index (χ1v) is 11.1. The lowest BCUT2D eigenvalue weighted by atomic mass is 9.98. The van der Waals surface area contributed by atoms with Crippen LogP contribution >= 0.6 is 0 Å². The summed E-state index contributed by atoms with van der Waals surface area (Å²) >= 11 is 0. The van der Waals surface area contributed by atoms with E-state index in [0.717, 1.165) is 40.1 Å². The average molecular weight is 430 g/mol. The van der Waals surface area contributed by atoms with E-state index in [1.165, 1.54) is 25.9 Å². The van der Waals surface area contributed by atoms with Gasteiger partial charge in [0.2, 0.25) is 0 Å². The van der Waals surface area contributed by atoms with Gasteiger partial charge in [-0.2, -0.15) is 0 Å². The van der Waals surface area contributed by atoms with Crippen molar-refractivity contribution in [2.45, 2.75) is 19.3 Å². The molecule has 0 bridgehead atoms. The Kier molecular flexibility index (Phi) is 5.73. The molecule has 32 heavy (non-hydrogen) atoms. The van der Waals surface area contributed by atoms with Crippen molar-refractivity contribution in [2.75, 3.05) is 26.2 Å². The molecule has 1 saturated heterocycles. The number of phenols is 2. The van der Waals surface area contributed by atoms with Crippen LogP contribution in [0.25, 0.3) is 22.3 Å². The number of hydrogen-bond donors (Lipinski definition) is 2. The van der Waals surface area contributed by atoms with Crippen LogP contribution in [0.4, 0.5) is 0 Å². The predicted octanol–water partition coefficient (Wildman–Crippen LogP) is 5.58. The molecular weight excluding hydrogens is 402 g/mol. The molecule has 1 aliphatic heterocycles. The summed E-state index contributed by atoms with van der Waals surface area (Å²) in [6.07, 6.45) is 3.27. The molecule has 5 heteroatoms. The summed E-state index contributed by atoms with van der Waals surface area (Å²) in [6, 6.07) is 20.4. The number of hydrogen-bond acceptors (Lipinski definition) is 5. The van der Waals surface area contributed by atoms with E-state index in [2.05, 4.69) is 17.0 Å². The van der Waals surface area contributed by atoms with E-state index in [1.54, 1.807) is 24.3 Å². The van der Waals surface area contributed by atoms with Crippen molar-refractivity contribution in [3.05, 3.63) is 77.9 Å². The summed E-state index contributed by atoms with van der Waals surface area (Å²) < 4.78 is 12.1. The third-order valence-corrected chi connectivity index (χ3v) is 6.09. The SMILES string of the molecule is Oc1ccc(-c2oc3cc(O)ccc3c2Cc2ccc(OCCN3CCCC3)cc2)cc1. The lowest BCUT2D eigenvalue weighted by Gasteiger charge is -2.15. The maximum absolute atomic E-state index is 9.89. The Morgan fingerprint density at radius 3 is 2.31 bits per heavy atom. The Balaban J connectivity index is 1.37. The van der Waals surface area contributed by atoms with Gasteiger partial charge in [-0.25, -0.2) is 0 Å². The van der Waals surface area contributed by atoms with Gasteiger partial charge in [-0.3, -0.25) is 4.90 Å². The molecule has 0 radical (unpaired) electrons. The summed E-state index contributed by atoms with van der Waals surface area (Å²) in [6.45, 7) is 4.05. The minimum absolute atomic E-state index is 0.172. The number of furan rings is 1. The minimum atomic E-state index is 0.172. The standard InChI is InChI=1S/C27H27NO4/c29-21-7-5-20(6-8-21)27-25(24-12-9-22(30)18-26(24)32-27)17-19-3-10-23(11-4-19)31-16-15-28-13-1-2-14-28/h3-12,18,29-30H,1-2,13-17H2. The van der Waals surface area contributed by atoms with E-state index < -0.39 is 0 Å². The van der Waals surface area contributed by atoms with Crippen molar-refractivity contribution >= 4 is 11.0 Å². The summed E-state index contributed by atoms with van der Waals surface area (Å²) in [5.74, 6) is 2.01. The molecule has 5 rings (SSSR count). The number of likely N-dealkylation sites (tertiary alicyclic amines) is 1. The molecule has 1 aromatic heterocycles. The topological polar surface area (TPSA) is 66.1 Å². The monoisotopic (exact) mass is 429 g/mol. The van der Waals surface area contributed by atoms with Gasteiger partial charge >= 0.3 is 0 Å². The van der Waals surface area contributed by atoms with E-state index in [0.29, 0.717) is 18.6 Å². The zero-order chi connectivity index (χ0) is 21.9. The van der Waals surface area contributed by atoms with Gasteiger partial charge in [0.15, 0.2) is 0 Å². The van der Waals surface area contributed by atoms with Gasteiger partial charge in [-0.1, -0.05) is 12.1 Å². The molecule has 164 valence electrons. The van der Waals surface area contributed by atoms with Gasteiger partial charge in [-0.05, 0) is 80.0 Å². The number of rotatable bonds is 7. The second kappa shape index (κ2) is 8.97. The molecule has 5 nitrogen and oxygen atoms in total. The Morgan fingerprint density at radius 2 is 1.56 bits per heavy atom. The van der Waals surface area contributed by atoms with Crippen LogP contribution in [-0.2, 0) is 6.42 Å². The quantitative estimate of drug-likeness (QED) is 0.402. The van der Waals surface area contributed by atoms with Crippen LogP contribution in [0.5, 0.6) is 17.2 Å². The van der Waals surface area contributed by atoms with E-state index in [1.807, 2.05) is 30.3 Å². The highest BCUT2D eigenvalue weighted by Gasteiger charge is 2.17. The zero-order valence-electron chi connectivity index (χ0n) is 18.0. The lowest BCUT2D eigenvalue weighted by Crippen LogP contribution is -2.25. The molecule has 1 aliphatic rings. The first-order chi connectivity index (χ1) is 15.7. The van der Waals surface area contributed by atoms with E-state index in [4.69, 9.17) is 9.15 Å². The fourth-order valence-corrected chi connectivity index (χ4v) is 4.37. The molecule has 0 aliphatic carbocycles. The highest BCUT2D eigenvalue weighted by molar-refractivity contribution is 5.89. The number of phenolic OH excluding ortho intramolecular Hbond substituents is 2. The van der Waals surface area contributed by atoms with Crippen LogP contribution in [0.2, 0.25) is 0 Å². The van der Waals surface area contributed by atoms with Crippen molar-refractivity contribution in [1.82, 2.24) is 4.90 Å². The van der Waals surface area contributed by atoms with Crippen molar-refractivity contribution in [3.63, 3.8) is 0 Å². The van der Waals surface area contributed by atoms with E-state index in [-0.39, 0.29) is 11.5 Å². The average Bonchev–Trinajstić information content (AvgIpc) is 3.43. The molecule has 0 unspecified atom stereocenters. The molecule has 4 aromatic rings. The highest BCUT2D eigenvalue weighted by Crippen LogP contribution is 2.37. The van der Waals surface area contributed by atoms with Crippen molar-refractivity contribution in [3.8, 4) is 28.6 Å². The summed E-state index contributed by atoms with van der Waals surface area (Å²) in [5.41, 5.74) is 3.72. The third-order valence-electron chi connectivity index (χ3n) is 6.09. The Morgan fingerprint density at radius 1 is 0.844 bits per heavy atom. The molecular formula is C27H27NO4. The van der Waals surface area contributed by atoms with Crippen LogP contribution in [0.15, 0.2) is 71.1 Å². The molecule has 2 heterocycles. The number of fused-ring (bicyclic) bond motifs is 1. The fourth-order valence-electron chi connectivity index (χ4n) is 4.37. The van der Waals surface area contributed by atoms with Crippen LogP contribution in [0, 0.1) is 0 Å². The maximum atomic E-state index is 9.89. The highest BCUT2D eigenvalue weighted by atomic mass is 16.5. The number of nitrogens with zero attached hydrogens (tertiary/aromatic N) is 1. The second-order valence-corrected chi connectivity index (χ2v) is 8.36. The van der Waals surface area contributed by atoms with Crippen molar-refractivity contribution in [1.29, 1.82) is 0 Å². The molecule has 0 amide bonds. The van der Waals surface area contributed by atoms with Crippen LogP contribution < -0.4 is 4.74 Å². The van der Waals surface area contributed by atoms with E-state index in [9.17, 15) is 10.2 Å². The van der Waals surface area contributed by atoms with Crippen LogP contribution in [0.1, 0.15) is 24.0 Å². The van der Waals surface area contributed by atoms with Gasteiger partial charge in [0, 0.05) is 35.5 Å². The fraction of sp³-hybridized carbons (Fsp3) is 0.259. The molecule has 0 saturated carbocycles. The van der Waals surface area contributed by atoms with Gasteiger partial charge in [-0.15, -0.1) is 0 Å². The zero-order valence-corrected chi connectivity index (χ0v) is 18.0. The normalized spacial score (nSPS) is 14.2. The molecule has 0 spiro atoms. The number of aromatic hydroxyl groups is 2. The Bertz CT molecular complexity index is 1190. The molecule has 3 aromatic carbocycles. The molecule has 2 N–H and O–H groups in total. The third kappa shape index (κ3) is 4.43. The van der Waals surface area contributed by atoms with Gasteiger partial charge in [0.05, 0.1) is 0 Å². The Hall–Kier alpha value is -3.44. The second-order valence-electron chi connectivity index (χ2n) is 8.36. The first-order valence-electron chi connectivity index (χ1n) is 11.1. The van der Waals surface area contributed by atoms with E-state index >= 15 is 0 Å². The summed E-state index contributed by atoms with van der Waals surface area (Å²) in [7, 11) is 0. The maximum Gasteiger partial charge on any atom is 0.138 e. The van der Waals surface area contributed by atoms with Gasteiger partial charge < -0.3 is 19.4 Å². The van der Waals surface area contributed by atoms with Crippen LogP contribution in [-0.4, -0.2) is 41.4 Å². The van der Waals surface area contributed by atoms with Gasteiger partial charge in [0.1, 0.15) is 35.2 Å². The Labute approximate surface area is 187 Å². The van der Waals surface area contributed by atoms with Gasteiger partial charge in [0.25, 0.3) is 0 Å². The summed E-state index contributed by atoms with van der Waals surface area (Å²) in [4.78, 5) is 2.45. The smallest absolute Gasteiger partial charge is 0.138 e. The number of ether oxygens (including phenoxy) is 1. The first kappa shape index (κ1) is 20.5. The van der Waals surface area contributed by atoms with Crippen molar-refractivity contribution in [2.24, 2.45) is 0 Å².